The number of nitrogens with zero attached hydrogens (tertiary/aromatic N) is 5. The van der Waals surface area contributed by atoms with Crippen LogP contribution in [0.2, 0.25) is 0 Å². The number of anilines is 1. The Morgan fingerprint density at radius 3 is 2.35 bits per heavy atom. The second-order valence-electron chi connectivity index (χ2n) is 8.04. The lowest BCUT2D eigenvalue weighted by Crippen LogP contribution is -2.47. The molecule has 0 radical (unpaired) electrons. The molecule has 1 atom stereocenters. The molecule has 2 aromatic heterocycles. The molecule has 2 aromatic carbocycles. The average Bonchev–Trinajstić information content (AvgIpc) is 3.35. The van der Waals surface area contributed by atoms with Crippen molar-refractivity contribution in [3.05, 3.63) is 76.4 Å². The number of hydrogen-bond acceptors (Lipinski definition) is 6. The van der Waals surface area contributed by atoms with E-state index in [2.05, 4.69) is 81.4 Å². The van der Waals surface area contributed by atoms with Crippen molar-refractivity contribution in [1.29, 1.82) is 0 Å². The van der Waals surface area contributed by atoms with Gasteiger partial charge in [0.25, 0.3) is 0 Å². The van der Waals surface area contributed by atoms with Crippen LogP contribution in [-0.4, -0.2) is 50.8 Å². The van der Waals surface area contributed by atoms with Crippen LogP contribution in [0.25, 0.3) is 4.96 Å². The summed E-state index contributed by atoms with van der Waals surface area (Å²) in [5.74, 6) is 0.972. The van der Waals surface area contributed by atoms with E-state index in [9.17, 15) is 5.11 Å². The van der Waals surface area contributed by atoms with Gasteiger partial charge in [-0.25, -0.2) is 4.98 Å². The van der Waals surface area contributed by atoms with Crippen LogP contribution in [-0.2, 0) is 6.42 Å². The van der Waals surface area contributed by atoms with E-state index in [-0.39, 0.29) is 11.9 Å². The lowest BCUT2D eigenvalue weighted by Gasteiger charge is -2.40. The fraction of sp³-hybridized carbons (Fsp3) is 0.333. The molecule has 4 aromatic rings. The number of aromatic nitrogens is 3. The summed E-state index contributed by atoms with van der Waals surface area (Å²) in [6.45, 7) is 7.87. The van der Waals surface area contributed by atoms with Gasteiger partial charge in [0.15, 0.2) is 5.82 Å². The minimum Gasteiger partial charge on any atom is -0.492 e. The topological polar surface area (TPSA) is 56.9 Å². The van der Waals surface area contributed by atoms with Crippen molar-refractivity contribution in [3.63, 3.8) is 0 Å². The SMILES string of the molecule is CCc1nc2sc([C@H](c3ccc(C)cc3)N3CCN(c4ccccc4)CC3)c(O)n2n1. The standard InChI is InChI=1S/C24H27N5OS/c1-3-20-25-24-29(26-20)23(30)22(31-24)21(18-11-9-17(2)10-12-18)28-15-13-27(14-16-28)19-7-5-4-6-8-19/h4-12,21,30H,3,13-16H2,1-2H3/t21-/m0/s1. The predicted octanol–water partition coefficient (Wildman–Crippen LogP) is 4.28. The molecule has 3 heterocycles. The fourth-order valence-corrected chi connectivity index (χ4v) is 5.41. The maximum Gasteiger partial charge on any atom is 0.230 e. The second kappa shape index (κ2) is 8.32. The first-order chi connectivity index (χ1) is 15.1. The summed E-state index contributed by atoms with van der Waals surface area (Å²) in [5.41, 5.74) is 3.69. The number of benzene rings is 2. The highest BCUT2D eigenvalue weighted by atomic mass is 32.1. The van der Waals surface area contributed by atoms with Crippen LogP contribution in [0.1, 0.15) is 34.8 Å². The minimum atomic E-state index is -0.0166. The number of hydrogen-bond donors (Lipinski definition) is 1. The van der Waals surface area contributed by atoms with Crippen LogP contribution in [0.4, 0.5) is 5.69 Å². The maximum atomic E-state index is 11.1. The molecule has 7 heteroatoms. The van der Waals surface area contributed by atoms with E-state index < -0.39 is 0 Å². The zero-order valence-electron chi connectivity index (χ0n) is 17.9. The Hall–Kier alpha value is -2.90. The van der Waals surface area contributed by atoms with Gasteiger partial charge < -0.3 is 10.0 Å². The number of thiazole rings is 1. The smallest absolute Gasteiger partial charge is 0.230 e. The highest BCUT2D eigenvalue weighted by Gasteiger charge is 2.31. The van der Waals surface area contributed by atoms with Crippen molar-refractivity contribution in [3.8, 4) is 5.88 Å². The first-order valence-corrected chi connectivity index (χ1v) is 11.6. The highest BCUT2D eigenvalue weighted by molar-refractivity contribution is 7.17. The van der Waals surface area contributed by atoms with Crippen LogP contribution in [0.5, 0.6) is 5.88 Å². The molecule has 0 amide bonds. The molecule has 31 heavy (non-hydrogen) atoms. The molecule has 1 fully saturated rings. The molecule has 0 saturated carbocycles. The monoisotopic (exact) mass is 433 g/mol. The van der Waals surface area contributed by atoms with E-state index in [0.717, 1.165) is 48.3 Å². The number of aryl methyl sites for hydroxylation is 2. The van der Waals surface area contributed by atoms with Crippen LogP contribution in [0.15, 0.2) is 54.6 Å². The van der Waals surface area contributed by atoms with E-state index in [4.69, 9.17) is 0 Å². The Morgan fingerprint density at radius 2 is 1.71 bits per heavy atom. The van der Waals surface area contributed by atoms with Gasteiger partial charge in [-0.2, -0.15) is 4.52 Å². The first kappa shape index (κ1) is 20.0. The molecular formula is C24H27N5OS. The molecular weight excluding hydrogens is 406 g/mol. The molecule has 1 aliphatic heterocycles. The predicted molar refractivity (Wildman–Crippen MR) is 125 cm³/mol. The number of piperazine rings is 1. The summed E-state index contributed by atoms with van der Waals surface area (Å²) in [6, 6.07) is 19.2. The van der Waals surface area contributed by atoms with Crippen LogP contribution in [0, 0.1) is 6.92 Å². The third kappa shape index (κ3) is 3.79. The van der Waals surface area contributed by atoms with Crippen molar-refractivity contribution in [2.45, 2.75) is 26.3 Å². The van der Waals surface area contributed by atoms with Crippen molar-refractivity contribution in [2.24, 2.45) is 0 Å². The molecule has 6 nitrogen and oxygen atoms in total. The summed E-state index contributed by atoms with van der Waals surface area (Å²) in [7, 11) is 0. The highest BCUT2D eigenvalue weighted by Crippen LogP contribution is 2.40. The largest absolute Gasteiger partial charge is 0.492 e. The van der Waals surface area contributed by atoms with Gasteiger partial charge in [-0.1, -0.05) is 66.3 Å². The van der Waals surface area contributed by atoms with Crippen molar-refractivity contribution < 1.29 is 5.11 Å². The van der Waals surface area contributed by atoms with Gasteiger partial charge in [0.2, 0.25) is 10.8 Å². The number of fused-ring (bicyclic) bond motifs is 1. The molecule has 5 rings (SSSR count). The average molecular weight is 434 g/mol. The van der Waals surface area contributed by atoms with Crippen molar-refractivity contribution >= 4 is 22.0 Å². The molecule has 0 bridgehead atoms. The molecule has 0 unspecified atom stereocenters. The normalized spacial score (nSPS) is 16.1. The van der Waals surface area contributed by atoms with Gasteiger partial charge in [-0.05, 0) is 24.6 Å². The molecule has 1 aliphatic rings. The van der Waals surface area contributed by atoms with E-state index in [0.29, 0.717) is 0 Å². The Kier molecular flexibility index (Phi) is 5.38. The third-order valence-corrected chi connectivity index (χ3v) is 7.07. The molecule has 0 spiro atoms. The summed E-state index contributed by atoms with van der Waals surface area (Å²) < 4.78 is 1.60. The number of rotatable bonds is 5. The third-order valence-electron chi connectivity index (χ3n) is 6.00. The minimum absolute atomic E-state index is 0.0166. The molecule has 1 N–H and O–H groups in total. The van der Waals surface area contributed by atoms with Gasteiger partial charge in [-0.15, -0.1) is 5.10 Å². The Labute approximate surface area is 186 Å². The summed E-state index contributed by atoms with van der Waals surface area (Å²) in [5, 5.41) is 15.6. The van der Waals surface area contributed by atoms with Crippen molar-refractivity contribution in [1.82, 2.24) is 19.5 Å². The maximum absolute atomic E-state index is 11.1. The van der Waals surface area contributed by atoms with Crippen LogP contribution in [0.3, 0.4) is 0 Å². The summed E-state index contributed by atoms with van der Waals surface area (Å²) in [6.07, 6.45) is 0.756. The first-order valence-electron chi connectivity index (χ1n) is 10.8. The van der Waals surface area contributed by atoms with E-state index >= 15 is 0 Å². The zero-order valence-corrected chi connectivity index (χ0v) is 18.7. The zero-order chi connectivity index (χ0) is 21.4. The van der Waals surface area contributed by atoms with Crippen molar-refractivity contribution in [2.75, 3.05) is 31.1 Å². The summed E-state index contributed by atoms with van der Waals surface area (Å²) in [4.78, 5) is 11.1. The fourth-order valence-electron chi connectivity index (χ4n) is 4.27. The van der Waals surface area contributed by atoms with Gasteiger partial charge >= 0.3 is 0 Å². The van der Waals surface area contributed by atoms with E-state index in [1.807, 2.05) is 6.92 Å². The Balaban J connectivity index is 1.48. The quantitative estimate of drug-likeness (QED) is 0.509. The van der Waals surface area contributed by atoms with Crippen LogP contribution >= 0.6 is 11.3 Å². The van der Waals surface area contributed by atoms with Gasteiger partial charge in [-0.3, -0.25) is 4.90 Å². The molecule has 160 valence electrons. The van der Waals surface area contributed by atoms with Gasteiger partial charge in [0.1, 0.15) is 0 Å². The number of para-hydroxylation sites is 1. The van der Waals surface area contributed by atoms with Crippen LogP contribution < -0.4 is 4.90 Å². The van der Waals surface area contributed by atoms with E-state index in [1.54, 1.807) is 15.9 Å². The van der Waals surface area contributed by atoms with Gasteiger partial charge in [0.05, 0.1) is 10.9 Å². The second-order valence-corrected chi connectivity index (χ2v) is 9.05. The van der Waals surface area contributed by atoms with E-state index in [1.165, 1.54) is 16.8 Å². The Morgan fingerprint density at radius 1 is 1.00 bits per heavy atom. The number of aromatic hydroxyl groups is 1. The molecule has 1 saturated heterocycles. The molecule has 0 aliphatic carbocycles. The van der Waals surface area contributed by atoms with Gasteiger partial charge in [0, 0.05) is 38.3 Å². The lowest BCUT2D eigenvalue weighted by atomic mass is 10.0. The summed E-state index contributed by atoms with van der Waals surface area (Å²) >= 11 is 1.54. The Bertz CT molecular complexity index is 1160. The lowest BCUT2D eigenvalue weighted by molar-refractivity contribution is 0.211.